The molecule has 1 unspecified atom stereocenters. The minimum atomic E-state index is -0.779. The molecule has 0 aromatic rings. The number of rotatable bonds is 57. The Labute approximate surface area is 458 Å². The number of carbonyl (C=O) groups is 3. The van der Waals surface area contributed by atoms with Crippen LogP contribution in [0.1, 0.15) is 310 Å². The van der Waals surface area contributed by atoms with Crippen molar-refractivity contribution in [1.82, 2.24) is 0 Å². The van der Waals surface area contributed by atoms with Crippen molar-refractivity contribution in [2.45, 2.75) is 316 Å². The number of esters is 3. The van der Waals surface area contributed by atoms with Crippen LogP contribution < -0.4 is 0 Å². The summed E-state index contributed by atoms with van der Waals surface area (Å²) in [7, 11) is 0. The van der Waals surface area contributed by atoms with Crippen LogP contribution in [0.15, 0.2) is 85.1 Å². The summed E-state index contributed by atoms with van der Waals surface area (Å²) in [6.07, 6.45) is 81.8. The third kappa shape index (κ3) is 59.5. The van der Waals surface area contributed by atoms with E-state index in [2.05, 4.69) is 106 Å². The largest absolute Gasteiger partial charge is 0.462 e. The van der Waals surface area contributed by atoms with Crippen molar-refractivity contribution in [2.24, 2.45) is 0 Å². The Hall–Kier alpha value is -3.41. The Kier molecular flexibility index (Phi) is 59.3. The minimum absolute atomic E-state index is 0.0775. The predicted molar refractivity (Wildman–Crippen MR) is 321 cm³/mol. The topological polar surface area (TPSA) is 78.9 Å². The zero-order valence-electron chi connectivity index (χ0n) is 48.8. The van der Waals surface area contributed by atoms with Crippen LogP contribution in [-0.4, -0.2) is 37.2 Å². The van der Waals surface area contributed by atoms with Crippen LogP contribution in [0.5, 0.6) is 0 Å². The Morgan fingerprint density at radius 3 is 0.878 bits per heavy atom. The summed E-state index contributed by atoms with van der Waals surface area (Å²) >= 11 is 0. The van der Waals surface area contributed by atoms with Crippen molar-refractivity contribution >= 4 is 17.9 Å². The lowest BCUT2D eigenvalue weighted by Gasteiger charge is -2.18. The number of allylic oxidation sites excluding steroid dienone is 14. The first-order valence-corrected chi connectivity index (χ1v) is 31.6. The fraction of sp³-hybridized carbons (Fsp3) is 0.750. The maximum Gasteiger partial charge on any atom is 0.306 e. The third-order valence-electron chi connectivity index (χ3n) is 13.6. The molecular weight excluding hydrogens is 913 g/mol. The molecule has 0 radical (unpaired) electrons. The number of hydrogen-bond acceptors (Lipinski definition) is 6. The summed E-state index contributed by atoms with van der Waals surface area (Å²) in [5.41, 5.74) is 0. The number of hydrogen-bond donors (Lipinski definition) is 0. The zero-order chi connectivity index (χ0) is 53.6. The molecule has 0 aromatic carbocycles. The first-order chi connectivity index (χ1) is 36.5. The smallest absolute Gasteiger partial charge is 0.306 e. The summed E-state index contributed by atoms with van der Waals surface area (Å²) < 4.78 is 16.8. The van der Waals surface area contributed by atoms with E-state index < -0.39 is 6.10 Å². The summed E-state index contributed by atoms with van der Waals surface area (Å²) in [5.74, 6) is -0.883. The van der Waals surface area contributed by atoms with Crippen molar-refractivity contribution in [3.63, 3.8) is 0 Å². The Morgan fingerprint density at radius 2 is 0.554 bits per heavy atom. The molecule has 74 heavy (non-hydrogen) atoms. The minimum Gasteiger partial charge on any atom is -0.462 e. The normalized spacial score (nSPS) is 12.6. The Balaban J connectivity index is 4.06. The monoisotopic (exact) mass is 1030 g/mol. The fourth-order valence-corrected chi connectivity index (χ4v) is 8.92. The van der Waals surface area contributed by atoms with Crippen LogP contribution in [0, 0.1) is 0 Å². The van der Waals surface area contributed by atoms with E-state index in [1.807, 2.05) is 0 Å². The summed E-state index contributed by atoms with van der Waals surface area (Å²) in [5, 5.41) is 0. The molecule has 0 saturated carbocycles. The molecule has 426 valence electrons. The molecule has 0 amide bonds. The van der Waals surface area contributed by atoms with Crippen LogP contribution in [0.2, 0.25) is 0 Å². The highest BCUT2D eigenvalue weighted by atomic mass is 16.6. The van der Waals surface area contributed by atoms with E-state index in [4.69, 9.17) is 14.2 Å². The van der Waals surface area contributed by atoms with Crippen LogP contribution in [0.3, 0.4) is 0 Å². The van der Waals surface area contributed by atoms with Gasteiger partial charge in [0, 0.05) is 19.3 Å². The maximum absolute atomic E-state index is 12.8. The second-order valence-electron chi connectivity index (χ2n) is 20.9. The van der Waals surface area contributed by atoms with Crippen LogP contribution >= 0.6 is 0 Å². The van der Waals surface area contributed by atoms with Gasteiger partial charge >= 0.3 is 17.9 Å². The molecule has 6 heteroatoms. The lowest BCUT2D eigenvalue weighted by atomic mass is 10.0. The van der Waals surface area contributed by atoms with Crippen molar-refractivity contribution in [3.8, 4) is 0 Å². The van der Waals surface area contributed by atoms with Crippen LogP contribution in [-0.2, 0) is 28.6 Å². The number of unbranched alkanes of at least 4 members (excludes halogenated alkanes) is 32. The lowest BCUT2D eigenvalue weighted by Crippen LogP contribution is -2.30. The molecule has 0 saturated heterocycles. The molecular formula is C68H118O6. The van der Waals surface area contributed by atoms with Crippen LogP contribution in [0.25, 0.3) is 0 Å². The molecule has 0 rings (SSSR count). The van der Waals surface area contributed by atoms with E-state index in [0.29, 0.717) is 19.3 Å². The van der Waals surface area contributed by atoms with Gasteiger partial charge in [-0.15, -0.1) is 0 Å². The van der Waals surface area contributed by atoms with Gasteiger partial charge < -0.3 is 14.2 Å². The fourth-order valence-electron chi connectivity index (χ4n) is 8.92. The van der Waals surface area contributed by atoms with Gasteiger partial charge in [0.1, 0.15) is 13.2 Å². The summed E-state index contributed by atoms with van der Waals surface area (Å²) in [6, 6.07) is 0. The second kappa shape index (κ2) is 62.1. The van der Waals surface area contributed by atoms with Crippen molar-refractivity contribution < 1.29 is 28.6 Å². The van der Waals surface area contributed by atoms with Crippen molar-refractivity contribution in [1.29, 1.82) is 0 Å². The number of carbonyl (C=O) groups excluding carboxylic acids is 3. The standard InChI is InChI=1S/C68H118O6/c1-4-7-10-13-16-19-22-24-25-26-27-28-29-30-31-32-33-34-35-36-37-38-39-40-41-42-43-45-46-49-52-55-58-61-67(70)73-64-65(63-72-66(69)60-57-54-51-48-21-18-15-12-9-6-3)74-68(71)62-59-56-53-50-47-44-23-20-17-14-11-8-5-2/h7,10-11,14,16,19-20,23-25,27-28,30-31,65H,4-6,8-9,12-13,15,17-18,21-22,26,29,32-64H2,1-3H3/b10-7-,14-11-,19-16-,23-20-,25-24-,28-27-,31-30-. The van der Waals surface area contributed by atoms with Gasteiger partial charge in [-0.05, 0) is 89.9 Å². The number of ether oxygens (including phenoxy) is 3. The maximum atomic E-state index is 12.8. The van der Waals surface area contributed by atoms with Gasteiger partial charge in [0.05, 0.1) is 0 Å². The van der Waals surface area contributed by atoms with E-state index in [0.717, 1.165) is 122 Å². The van der Waals surface area contributed by atoms with Gasteiger partial charge in [-0.3, -0.25) is 14.4 Å². The molecule has 1 atom stereocenters. The first kappa shape index (κ1) is 70.6. The third-order valence-corrected chi connectivity index (χ3v) is 13.6. The highest BCUT2D eigenvalue weighted by Gasteiger charge is 2.19. The van der Waals surface area contributed by atoms with Crippen LogP contribution in [0.4, 0.5) is 0 Å². The molecule has 0 heterocycles. The Morgan fingerprint density at radius 1 is 0.284 bits per heavy atom. The second-order valence-corrected chi connectivity index (χ2v) is 20.9. The SMILES string of the molecule is CC/C=C\C/C=C\C/C=C\C/C=C\C/C=C\CCCCCCCCCCCCCCCCCCCC(=O)OCC(COC(=O)CCCCCCCCCCCC)OC(=O)CCCCCCC/C=C\C/C=C\CCC. The summed E-state index contributed by atoms with van der Waals surface area (Å²) in [4.78, 5) is 38.1. The lowest BCUT2D eigenvalue weighted by molar-refractivity contribution is -0.167. The van der Waals surface area contributed by atoms with Gasteiger partial charge in [-0.1, -0.05) is 286 Å². The van der Waals surface area contributed by atoms with Gasteiger partial charge in [0.15, 0.2) is 6.10 Å². The molecule has 0 bridgehead atoms. The Bertz CT molecular complexity index is 1420. The van der Waals surface area contributed by atoms with E-state index in [1.54, 1.807) is 0 Å². The predicted octanol–water partition coefficient (Wildman–Crippen LogP) is 21.5. The van der Waals surface area contributed by atoms with Crippen molar-refractivity contribution in [3.05, 3.63) is 85.1 Å². The summed E-state index contributed by atoms with van der Waals surface area (Å²) in [6.45, 7) is 6.46. The molecule has 0 aliphatic carbocycles. The highest BCUT2D eigenvalue weighted by molar-refractivity contribution is 5.71. The average Bonchev–Trinajstić information content (AvgIpc) is 3.40. The van der Waals surface area contributed by atoms with E-state index in [1.165, 1.54) is 148 Å². The first-order valence-electron chi connectivity index (χ1n) is 31.6. The van der Waals surface area contributed by atoms with E-state index in [9.17, 15) is 14.4 Å². The molecule has 0 N–H and O–H groups in total. The molecule has 6 nitrogen and oxygen atoms in total. The zero-order valence-corrected chi connectivity index (χ0v) is 48.8. The molecule has 0 aliphatic heterocycles. The van der Waals surface area contributed by atoms with Gasteiger partial charge in [0.25, 0.3) is 0 Å². The average molecular weight is 1030 g/mol. The van der Waals surface area contributed by atoms with E-state index >= 15 is 0 Å². The highest BCUT2D eigenvalue weighted by Crippen LogP contribution is 2.17. The molecule has 0 aliphatic rings. The van der Waals surface area contributed by atoms with Gasteiger partial charge in [-0.25, -0.2) is 0 Å². The van der Waals surface area contributed by atoms with Gasteiger partial charge in [0.2, 0.25) is 0 Å². The quantitative estimate of drug-likeness (QED) is 0.0261. The van der Waals surface area contributed by atoms with E-state index in [-0.39, 0.29) is 31.1 Å². The molecule has 0 spiro atoms. The molecule has 0 fully saturated rings. The molecule has 0 aromatic heterocycles. The van der Waals surface area contributed by atoms with Crippen molar-refractivity contribution in [2.75, 3.05) is 13.2 Å². The van der Waals surface area contributed by atoms with Gasteiger partial charge in [-0.2, -0.15) is 0 Å².